The van der Waals surface area contributed by atoms with E-state index in [1.54, 1.807) is 2.81 Å². The zero-order valence-electron chi connectivity index (χ0n) is 7.65. The molecule has 0 saturated heterocycles. The Balaban J connectivity index is 2.99. The molecule has 0 spiro atoms. The van der Waals surface area contributed by atoms with E-state index in [1.165, 1.54) is 51.9 Å². The molecule has 11 heavy (non-hydrogen) atoms. The molecule has 0 N–H and O–H groups in total. The van der Waals surface area contributed by atoms with Crippen molar-refractivity contribution >= 4 is 30.7 Å². The Morgan fingerprint density at radius 3 is 2.36 bits per heavy atom. The molecule has 54 valence electrons. The van der Waals surface area contributed by atoms with E-state index in [0.717, 1.165) is 0 Å². The maximum atomic E-state index is 2.35. The van der Waals surface area contributed by atoms with Crippen molar-refractivity contribution in [2.75, 3.05) is 0 Å². The van der Waals surface area contributed by atoms with Gasteiger partial charge in [-0.2, -0.15) is 0 Å². The molecular formula is C10H13Na. The molecule has 0 fully saturated rings. The van der Waals surface area contributed by atoms with Crippen LogP contribution in [-0.2, 0) is 12.8 Å². The second-order valence-electron chi connectivity index (χ2n) is 2.97. The first-order chi connectivity index (χ1) is 5.27. The molecule has 1 aromatic carbocycles. The third kappa shape index (κ3) is 2.33. The Morgan fingerprint density at radius 2 is 1.91 bits per heavy atom. The van der Waals surface area contributed by atoms with E-state index in [9.17, 15) is 0 Å². The fourth-order valence-corrected chi connectivity index (χ4v) is 2.27. The van der Waals surface area contributed by atoms with Crippen LogP contribution in [0.1, 0.15) is 25.0 Å². The second kappa shape index (κ2) is 4.30. The van der Waals surface area contributed by atoms with E-state index in [2.05, 4.69) is 32.0 Å². The van der Waals surface area contributed by atoms with Crippen LogP contribution in [-0.4, -0.2) is 27.9 Å². The van der Waals surface area contributed by atoms with Gasteiger partial charge in [0, 0.05) is 0 Å². The van der Waals surface area contributed by atoms with Crippen molar-refractivity contribution in [3.05, 3.63) is 29.3 Å². The van der Waals surface area contributed by atoms with E-state index in [0.29, 0.717) is 0 Å². The molecule has 0 radical (unpaired) electrons. The summed E-state index contributed by atoms with van der Waals surface area (Å²) in [6, 6.07) is 6.88. The standard InChI is InChI=1S/C10H13.Na/c1-3-9-5-7-10(4-2)8-6-9;/h5-7H,3-4H2,1-2H3;. The average molecular weight is 156 g/mol. The van der Waals surface area contributed by atoms with Gasteiger partial charge in [0.25, 0.3) is 0 Å². The van der Waals surface area contributed by atoms with E-state index < -0.39 is 0 Å². The third-order valence-electron chi connectivity index (χ3n) is 2.20. The van der Waals surface area contributed by atoms with Gasteiger partial charge in [0.15, 0.2) is 0 Å². The molecule has 1 aromatic rings. The van der Waals surface area contributed by atoms with Crippen molar-refractivity contribution in [3.8, 4) is 0 Å². The Morgan fingerprint density at radius 1 is 1.18 bits per heavy atom. The van der Waals surface area contributed by atoms with Crippen molar-refractivity contribution in [3.63, 3.8) is 0 Å². The zero-order chi connectivity index (χ0) is 8.27. The molecule has 0 bridgehead atoms. The third-order valence-corrected chi connectivity index (χ3v) is 3.13. The molecule has 0 unspecified atom stereocenters. The van der Waals surface area contributed by atoms with Gasteiger partial charge >= 0.3 is 86.8 Å². The summed E-state index contributed by atoms with van der Waals surface area (Å²) in [7, 11) is 0. The second-order valence-corrected chi connectivity index (χ2v) is 4.05. The maximum absolute atomic E-state index is 2.35. The Labute approximate surface area is 86.4 Å². The molecule has 0 nitrogen and oxygen atoms in total. The van der Waals surface area contributed by atoms with E-state index in [1.807, 2.05) is 0 Å². The minimum atomic E-state index is 1.17. The number of aryl methyl sites for hydroxylation is 2. The van der Waals surface area contributed by atoms with Gasteiger partial charge in [0.05, 0.1) is 0 Å². The molecule has 0 aliphatic rings. The number of hydrogen-bond acceptors (Lipinski definition) is 0. The first kappa shape index (κ1) is 9.31. The average Bonchev–Trinajstić information content (AvgIpc) is 2.04. The summed E-state index contributed by atoms with van der Waals surface area (Å²) in [5.41, 5.74) is 3.01. The Kier molecular flexibility index (Phi) is 3.64. The molecule has 0 saturated carbocycles. The zero-order valence-corrected chi connectivity index (χ0v) is 9.65. The summed E-state index contributed by atoms with van der Waals surface area (Å²) >= 11 is 1.19. The van der Waals surface area contributed by atoms with Crippen LogP contribution < -0.4 is 2.81 Å². The normalized spacial score (nSPS) is 10.2. The van der Waals surface area contributed by atoms with Crippen LogP contribution in [0.4, 0.5) is 0 Å². The van der Waals surface area contributed by atoms with Crippen molar-refractivity contribution in [1.29, 1.82) is 0 Å². The molecule has 1 heteroatoms. The summed E-state index contributed by atoms with van der Waals surface area (Å²) < 4.78 is 1.58. The monoisotopic (exact) mass is 156 g/mol. The molecule has 0 aromatic heterocycles. The van der Waals surface area contributed by atoms with Crippen LogP contribution >= 0.6 is 0 Å². The van der Waals surface area contributed by atoms with Crippen LogP contribution in [0.5, 0.6) is 0 Å². The molecule has 0 atom stereocenters. The van der Waals surface area contributed by atoms with Gasteiger partial charge in [0.1, 0.15) is 0 Å². The molecule has 0 heterocycles. The van der Waals surface area contributed by atoms with Crippen LogP contribution in [0.25, 0.3) is 0 Å². The fraction of sp³-hybridized carbons (Fsp3) is 0.400. The number of benzene rings is 1. The van der Waals surface area contributed by atoms with E-state index >= 15 is 0 Å². The van der Waals surface area contributed by atoms with Crippen molar-refractivity contribution in [2.45, 2.75) is 26.7 Å². The molecule has 0 aliphatic carbocycles. The summed E-state index contributed by atoms with van der Waals surface area (Å²) in [5.74, 6) is 0. The van der Waals surface area contributed by atoms with Gasteiger partial charge in [-0.25, -0.2) is 0 Å². The summed E-state index contributed by atoms with van der Waals surface area (Å²) in [5, 5.41) is 0. The van der Waals surface area contributed by atoms with Crippen LogP contribution in [0.15, 0.2) is 18.2 Å². The predicted molar refractivity (Wildman–Crippen MR) is 50.6 cm³/mol. The van der Waals surface area contributed by atoms with Crippen molar-refractivity contribution in [1.82, 2.24) is 0 Å². The van der Waals surface area contributed by atoms with E-state index in [-0.39, 0.29) is 0 Å². The molecular weight excluding hydrogens is 143 g/mol. The van der Waals surface area contributed by atoms with Crippen molar-refractivity contribution < 1.29 is 0 Å². The summed E-state index contributed by atoms with van der Waals surface area (Å²) in [4.78, 5) is 0. The summed E-state index contributed by atoms with van der Waals surface area (Å²) in [6.07, 6.45) is 2.35. The van der Waals surface area contributed by atoms with Gasteiger partial charge in [-0.15, -0.1) is 0 Å². The summed E-state index contributed by atoms with van der Waals surface area (Å²) in [6.45, 7) is 4.43. The Bertz CT molecular complexity index is 241. The fourth-order valence-electron chi connectivity index (χ4n) is 1.37. The van der Waals surface area contributed by atoms with E-state index in [4.69, 9.17) is 0 Å². The molecule has 1 rings (SSSR count). The predicted octanol–water partition coefficient (Wildman–Crippen LogP) is 1.61. The minimum absolute atomic E-state index is 1.17. The van der Waals surface area contributed by atoms with Crippen LogP contribution in [0.2, 0.25) is 0 Å². The van der Waals surface area contributed by atoms with Crippen molar-refractivity contribution in [2.24, 2.45) is 0 Å². The molecule has 0 aliphatic heterocycles. The van der Waals surface area contributed by atoms with Gasteiger partial charge < -0.3 is 0 Å². The topological polar surface area (TPSA) is 0 Å². The first-order valence-electron chi connectivity index (χ1n) is 4.36. The van der Waals surface area contributed by atoms with Crippen LogP contribution in [0, 0.1) is 0 Å². The van der Waals surface area contributed by atoms with Gasteiger partial charge in [-0.05, 0) is 0 Å². The van der Waals surface area contributed by atoms with Gasteiger partial charge in [-0.1, -0.05) is 0 Å². The SMILES string of the molecule is CCc1ccc(CC)[c]([Na])c1. The number of hydrogen-bond donors (Lipinski definition) is 0. The quantitative estimate of drug-likeness (QED) is 0.571. The van der Waals surface area contributed by atoms with Crippen LogP contribution in [0.3, 0.4) is 0 Å². The van der Waals surface area contributed by atoms with Gasteiger partial charge in [-0.3, -0.25) is 0 Å². The Hall–Kier alpha value is 0.220. The molecule has 0 amide bonds. The number of rotatable bonds is 2. The van der Waals surface area contributed by atoms with Gasteiger partial charge in [0.2, 0.25) is 0 Å². The first-order valence-corrected chi connectivity index (χ1v) is 5.36.